The van der Waals surface area contributed by atoms with E-state index in [4.69, 9.17) is 0 Å². The van der Waals surface area contributed by atoms with Crippen LogP contribution in [-0.2, 0) is 13.1 Å². The monoisotopic (exact) mass is 318 g/mol. The Morgan fingerprint density at radius 1 is 0.958 bits per heavy atom. The van der Waals surface area contributed by atoms with Crippen LogP contribution in [0.15, 0.2) is 66.0 Å². The molecule has 0 N–H and O–H groups in total. The van der Waals surface area contributed by atoms with Crippen LogP contribution in [0.4, 0.5) is 0 Å². The standard InChI is InChI=1S/C17H14N6O/c24-17-15-7-4-8-18-16(15)19-12-22(17)10-14-11-23(21-20-14)9-13-5-2-1-3-6-13/h1-8,11-12H,9-10H2. The van der Waals surface area contributed by atoms with Crippen molar-refractivity contribution in [3.05, 3.63) is 82.8 Å². The molecule has 3 heterocycles. The Bertz CT molecular complexity index is 1040. The topological polar surface area (TPSA) is 78.5 Å². The molecule has 0 atom stereocenters. The predicted molar refractivity (Wildman–Crippen MR) is 88.5 cm³/mol. The summed E-state index contributed by atoms with van der Waals surface area (Å²) in [5.41, 5.74) is 2.17. The number of nitrogens with zero attached hydrogens (tertiary/aromatic N) is 6. The Kier molecular flexibility index (Phi) is 3.59. The van der Waals surface area contributed by atoms with Gasteiger partial charge >= 0.3 is 0 Å². The van der Waals surface area contributed by atoms with Crippen molar-refractivity contribution in [2.24, 2.45) is 0 Å². The van der Waals surface area contributed by atoms with E-state index in [1.54, 1.807) is 23.0 Å². The highest BCUT2D eigenvalue weighted by atomic mass is 16.1. The van der Waals surface area contributed by atoms with Crippen molar-refractivity contribution in [2.75, 3.05) is 0 Å². The molecule has 0 radical (unpaired) electrons. The van der Waals surface area contributed by atoms with Crippen LogP contribution < -0.4 is 5.56 Å². The lowest BCUT2D eigenvalue weighted by Crippen LogP contribution is -2.21. The van der Waals surface area contributed by atoms with Gasteiger partial charge in [0.15, 0.2) is 5.65 Å². The molecule has 1 aromatic carbocycles. The number of pyridine rings is 1. The van der Waals surface area contributed by atoms with Crippen molar-refractivity contribution >= 4 is 11.0 Å². The number of hydrogen-bond donors (Lipinski definition) is 0. The Hall–Kier alpha value is -3.35. The van der Waals surface area contributed by atoms with Crippen molar-refractivity contribution < 1.29 is 0 Å². The van der Waals surface area contributed by atoms with Gasteiger partial charge in [-0.1, -0.05) is 35.5 Å². The van der Waals surface area contributed by atoms with Crippen molar-refractivity contribution in [3.8, 4) is 0 Å². The summed E-state index contributed by atoms with van der Waals surface area (Å²) < 4.78 is 3.27. The van der Waals surface area contributed by atoms with Crippen LogP contribution in [0.25, 0.3) is 11.0 Å². The van der Waals surface area contributed by atoms with E-state index in [1.807, 2.05) is 36.5 Å². The van der Waals surface area contributed by atoms with Crippen molar-refractivity contribution in [1.29, 1.82) is 0 Å². The van der Waals surface area contributed by atoms with Gasteiger partial charge in [-0.15, -0.1) is 5.10 Å². The SMILES string of the molecule is O=c1c2cccnc2ncn1Cc1cn(Cc2ccccc2)nn1. The molecule has 7 heteroatoms. The Morgan fingerprint density at radius 2 is 1.83 bits per heavy atom. The van der Waals surface area contributed by atoms with Crippen LogP contribution >= 0.6 is 0 Å². The molecule has 0 saturated heterocycles. The predicted octanol–water partition coefficient (Wildman–Crippen LogP) is 1.48. The Labute approximate surface area is 137 Å². The van der Waals surface area contributed by atoms with Gasteiger partial charge in [-0.05, 0) is 17.7 Å². The summed E-state index contributed by atoms with van der Waals surface area (Å²) >= 11 is 0. The minimum Gasteiger partial charge on any atom is -0.292 e. The maximum Gasteiger partial charge on any atom is 0.263 e. The van der Waals surface area contributed by atoms with Crippen molar-refractivity contribution in [2.45, 2.75) is 13.1 Å². The summed E-state index contributed by atoms with van der Waals surface area (Å²) in [7, 11) is 0. The van der Waals surface area contributed by atoms with E-state index in [0.29, 0.717) is 29.8 Å². The Morgan fingerprint density at radius 3 is 2.71 bits per heavy atom. The highest BCUT2D eigenvalue weighted by molar-refractivity contribution is 5.72. The van der Waals surface area contributed by atoms with Gasteiger partial charge in [-0.25, -0.2) is 14.6 Å². The van der Waals surface area contributed by atoms with E-state index in [0.717, 1.165) is 5.56 Å². The molecule has 0 aliphatic rings. The fraction of sp³-hybridized carbons (Fsp3) is 0.118. The molecule has 4 aromatic rings. The average Bonchev–Trinajstić information content (AvgIpc) is 3.05. The first kappa shape index (κ1) is 14.3. The molecule has 0 amide bonds. The second kappa shape index (κ2) is 6.04. The third kappa shape index (κ3) is 2.79. The lowest BCUT2D eigenvalue weighted by atomic mass is 10.2. The van der Waals surface area contributed by atoms with Crippen LogP contribution in [0, 0.1) is 0 Å². The minimum atomic E-state index is -0.134. The molecule has 24 heavy (non-hydrogen) atoms. The molecule has 0 aliphatic heterocycles. The molecule has 118 valence electrons. The summed E-state index contributed by atoms with van der Waals surface area (Å²) in [4.78, 5) is 20.8. The van der Waals surface area contributed by atoms with E-state index in [1.165, 1.54) is 10.9 Å². The highest BCUT2D eigenvalue weighted by Gasteiger charge is 2.07. The molecule has 4 rings (SSSR count). The smallest absolute Gasteiger partial charge is 0.263 e. The molecule has 0 fully saturated rings. The van der Waals surface area contributed by atoms with E-state index >= 15 is 0 Å². The molecule has 0 spiro atoms. The molecule has 3 aromatic heterocycles. The zero-order chi connectivity index (χ0) is 16.4. The first-order chi connectivity index (χ1) is 11.8. The summed E-state index contributed by atoms with van der Waals surface area (Å²) in [5, 5.41) is 8.75. The van der Waals surface area contributed by atoms with Gasteiger partial charge in [-0.3, -0.25) is 9.36 Å². The van der Waals surface area contributed by atoms with Crippen molar-refractivity contribution in [3.63, 3.8) is 0 Å². The van der Waals surface area contributed by atoms with Crippen LogP contribution in [0.3, 0.4) is 0 Å². The van der Waals surface area contributed by atoms with Gasteiger partial charge in [0, 0.05) is 6.20 Å². The lowest BCUT2D eigenvalue weighted by Gasteiger charge is -2.03. The molecule has 0 unspecified atom stereocenters. The number of fused-ring (bicyclic) bond motifs is 1. The molecule has 0 saturated carbocycles. The van der Waals surface area contributed by atoms with Crippen LogP contribution in [0.5, 0.6) is 0 Å². The van der Waals surface area contributed by atoms with Gasteiger partial charge in [0.2, 0.25) is 0 Å². The van der Waals surface area contributed by atoms with Crippen LogP contribution in [0.2, 0.25) is 0 Å². The second-order valence-corrected chi connectivity index (χ2v) is 5.45. The fourth-order valence-electron chi connectivity index (χ4n) is 2.54. The summed E-state index contributed by atoms with van der Waals surface area (Å²) in [6.45, 7) is 0.966. The normalized spacial score (nSPS) is 11.0. The minimum absolute atomic E-state index is 0.134. The van der Waals surface area contributed by atoms with Crippen molar-refractivity contribution in [1.82, 2.24) is 29.5 Å². The number of aromatic nitrogens is 6. The number of rotatable bonds is 4. The average molecular weight is 318 g/mol. The Balaban J connectivity index is 1.58. The zero-order valence-electron chi connectivity index (χ0n) is 12.8. The maximum atomic E-state index is 12.5. The summed E-state index contributed by atoms with van der Waals surface area (Å²) in [5.74, 6) is 0. The first-order valence-electron chi connectivity index (χ1n) is 7.53. The van der Waals surface area contributed by atoms with Gasteiger partial charge < -0.3 is 0 Å². The van der Waals surface area contributed by atoms with Crippen LogP contribution in [-0.4, -0.2) is 29.5 Å². The van der Waals surface area contributed by atoms with Crippen LogP contribution in [0.1, 0.15) is 11.3 Å². The zero-order valence-corrected chi connectivity index (χ0v) is 12.8. The van der Waals surface area contributed by atoms with Gasteiger partial charge in [0.25, 0.3) is 5.56 Å². The van der Waals surface area contributed by atoms with E-state index in [2.05, 4.69) is 20.3 Å². The number of benzene rings is 1. The van der Waals surface area contributed by atoms with Gasteiger partial charge in [0.1, 0.15) is 12.0 Å². The molecule has 0 aliphatic carbocycles. The molecular weight excluding hydrogens is 304 g/mol. The van der Waals surface area contributed by atoms with E-state index in [-0.39, 0.29) is 5.56 Å². The molecule has 0 bridgehead atoms. The van der Waals surface area contributed by atoms with E-state index < -0.39 is 0 Å². The second-order valence-electron chi connectivity index (χ2n) is 5.45. The first-order valence-corrected chi connectivity index (χ1v) is 7.53. The summed E-state index contributed by atoms with van der Waals surface area (Å²) in [6, 6.07) is 13.5. The lowest BCUT2D eigenvalue weighted by molar-refractivity contribution is 0.648. The third-order valence-electron chi connectivity index (χ3n) is 3.70. The fourth-order valence-corrected chi connectivity index (χ4v) is 2.54. The van der Waals surface area contributed by atoms with E-state index in [9.17, 15) is 4.79 Å². The largest absolute Gasteiger partial charge is 0.292 e. The van der Waals surface area contributed by atoms with Gasteiger partial charge in [-0.2, -0.15) is 0 Å². The number of hydrogen-bond acceptors (Lipinski definition) is 5. The quantitative estimate of drug-likeness (QED) is 0.569. The third-order valence-corrected chi connectivity index (χ3v) is 3.70. The maximum absolute atomic E-state index is 12.5. The molecule has 7 nitrogen and oxygen atoms in total. The summed E-state index contributed by atoms with van der Waals surface area (Å²) in [6.07, 6.45) is 4.95. The highest BCUT2D eigenvalue weighted by Crippen LogP contribution is 2.05. The van der Waals surface area contributed by atoms with Gasteiger partial charge in [0.05, 0.1) is 24.7 Å². The molecular formula is C17H14N6O.